The second-order valence-electron chi connectivity index (χ2n) is 7.69. The molecule has 0 saturated carbocycles. The third kappa shape index (κ3) is 3.83. The van der Waals surface area contributed by atoms with E-state index in [1.807, 2.05) is 29.1 Å². The molecule has 0 aliphatic rings. The smallest absolute Gasteiger partial charge is 0.324 e. The van der Waals surface area contributed by atoms with E-state index in [0.29, 0.717) is 17.7 Å². The highest BCUT2D eigenvalue weighted by molar-refractivity contribution is 5.95. The Morgan fingerprint density at radius 1 is 0.794 bits per heavy atom. The van der Waals surface area contributed by atoms with Crippen LogP contribution in [0.3, 0.4) is 0 Å². The van der Waals surface area contributed by atoms with Gasteiger partial charge in [0.2, 0.25) is 0 Å². The standard InChI is InChI=1S/C25H15F6N3/c26-16-12-21(27)19(22(28)13-16)14-34-24(15-6-8-17(9-7-15)33-10-1-2-11-33)18-4-3-5-20(23(18)32-34)25(29,30)31/h1-13H,14H2. The summed E-state index contributed by atoms with van der Waals surface area (Å²) in [4.78, 5) is 0. The lowest BCUT2D eigenvalue weighted by Gasteiger charge is -2.11. The summed E-state index contributed by atoms with van der Waals surface area (Å²) in [6.07, 6.45) is -1.00. The van der Waals surface area contributed by atoms with Crippen LogP contribution in [0.2, 0.25) is 0 Å². The molecule has 5 rings (SSSR count). The van der Waals surface area contributed by atoms with Crippen molar-refractivity contribution in [3.8, 4) is 16.9 Å². The fraction of sp³-hybridized carbons (Fsp3) is 0.0800. The van der Waals surface area contributed by atoms with E-state index < -0.39 is 41.3 Å². The molecule has 5 aromatic rings. The van der Waals surface area contributed by atoms with Crippen molar-refractivity contribution >= 4 is 10.9 Å². The Morgan fingerprint density at radius 3 is 2.06 bits per heavy atom. The van der Waals surface area contributed by atoms with Crippen molar-refractivity contribution in [2.75, 3.05) is 0 Å². The van der Waals surface area contributed by atoms with Gasteiger partial charge in [0, 0.05) is 46.7 Å². The van der Waals surface area contributed by atoms with E-state index >= 15 is 0 Å². The van der Waals surface area contributed by atoms with Gasteiger partial charge in [-0.15, -0.1) is 0 Å². The van der Waals surface area contributed by atoms with Crippen LogP contribution in [-0.2, 0) is 12.7 Å². The van der Waals surface area contributed by atoms with E-state index in [1.54, 1.807) is 24.3 Å². The summed E-state index contributed by atoms with van der Waals surface area (Å²) < 4.78 is 86.0. The molecule has 34 heavy (non-hydrogen) atoms. The lowest BCUT2D eigenvalue weighted by molar-refractivity contribution is -0.136. The Labute approximate surface area is 189 Å². The number of nitrogens with zero attached hydrogens (tertiary/aromatic N) is 3. The normalized spacial score (nSPS) is 11.9. The molecular formula is C25H15F6N3. The van der Waals surface area contributed by atoms with Crippen molar-refractivity contribution in [3.63, 3.8) is 0 Å². The van der Waals surface area contributed by atoms with Gasteiger partial charge in [-0.3, -0.25) is 4.68 Å². The quantitative estimate of drug-likeness (QED) is 0.259. The third-order valence-corrected chi connectivity index (χ3v) is 5.53. The van der Waals surface area contributed by atoms with Gasteiger partial charge in [-0.05, 0) is 30.3 Å². The number of benzene rings is 3. The minimum absolute atomic E-state index is 0.173. The molecule has 2 aromatic heterocycles. The highest BCUT2D eigenvalue weighted by Crippen LogP contribution is 2.38. The average Bonchev–Trinajstić information content (AvgIpc) is 3.43. The van der Waals surface area contributed by atoms with Crippen molar-refractivity contribution in [3.05, 3.63) is 108 Å². The van der Waals surface area contributed by atoms with Crippen LogP contribution in [0.15, 0.2) is 79.1 Å². The summed E-state index contributed by atoms with van der Waals surface area (Å²) in [5.41, 5.74) is -0.246. The SMILES string of the molecule is Fc1cc(F)c(Cn2nc3c(C(F)(F)F)cccc3c2-c2ccc(-n3cccc3)cc2)c(F)c1. The number of alkyl halides is 3. The van der Waals surface area contributed by atoms with Crippen LogP contribution in [0.5, 0.6) is 0 Å². The summed E-state index contributed by atoms with van der Waals surface area (Å²) in [6, 6.07) is 15.3. The van der Waals surface area contributed by atoms with Gasteiger partial charge in [0.25, 0.3) is 0 Å². The fourth-order valence-electron chi connectivity index (χ4n) is 3.97. The molecule has 0 N–H and O–H groups in total. The van der Waals surface area contributed by atoms with Crippen LogP contribution in [0.25, 0.3) is 27.8 Å². The van der Waals surface area contributed by atoms with Crippen molar-refractivity contribution in [1.82, 2.24) is 14.3 Å². The van der Waals surface area contributed by atoms with Crippen LogP contribution in [-0.4, -0.2) is 14.3 Å². The fourth-order valence-corrected chi connectivity index (χ4v) is 3.97. The molecule has 0 aliphatic heterocycles. The van der Waals surface area contributed by atoms with Gasteiger partial charge in [-0.2, -0.15) is 18.3 Å². The summed E-state index contributed by atoms with van der Waals surface area (Å²) in [7, 11) is 0. The maximum Gasteiger partial charge on any atom is 0.418 e. The van der Waals surface area contributed by atoms with Crippen LogP contribution in [0.1, 0.15) is 11.1 Å². The van der Waals surface area contributed by atoms with Gasteiger partial charge < -0.3 is 4.57 Å². The Morgan fingerprint density at radius 2 is 1.44 bits per heavy atom. The molecule has 0 unspecified atom stereocenters. The number of hydrogen-bond donors (Lipinski definition) is 0. The monoisotopic (exact) mass is 471 g/mol. The summed E-state index contributed by atoms with van der Waals surface area (Å²) in [5, 5.41) is 4.26. The lowest BCUT2D eigenvalue weighted by Crippen LogP contribution is -2.09. The molecule has 3 nitrogen and oxygen atoms in total. The molecule has 0 radical (unpaired) electrons. The molecule has 0 aliphatic carbocycles. The first-order valence-electron chi connectivity index (χ1n) is 10.2. The van der Waals surface area contributed by atoms with E-state index in [1.165, 1.54) is 12.1 Å². The largest absolute Gasteiger partial charge is 0.418 e. The van der Waals surface area contributed by atoms with Crippen molar-refractivity contribution in [1.29, 1.82) is 0 Å². The summed E-state index contributed by atoms with van der Waals surface area (Å²) >= 11 is 0. The molecule has 0 amide bonds. The zero-order chi connectivity index (χ0) is 24.0. The number of hydrogen-bond acceptors (Lipinski definition) is 1. The van der Waals surface area contributed by atoms with Gasteiger partial charge in [-0.1, -0.05) is 24.3 Å². The Balaban J connectivity index is 1.71. The predicted molar refractivity (Wildman–Crippen MR) is 115 cm³/mol. The van der Waals surface area contributed by atoms with Crippen molar-refractivity contribution in [2.45, 2.75) is 12.7 Å². The molecule has 172 valence electrons. The zero-order valence-electron chi connectivity index (χ0n) is 17.3. The van der Waals surface area contributed by atoms with E-state index in [0.717, 1.165) is 16.4 Å². The minimum atomic E-state index is -4.68. The third-order valence-electron chi connectivity index (χ3n) is 5.53. The van der Waals surface area contributed by atoms with E-state index in [4.69, 9.17) is 0 Å². The number of aromatic nitrogens is 3. The second kappa shape index (κ2) is 8.09. The predicted octanol–water partition coefficient (Wildman–Crippen LogP) is 6.98. The summed E-state index contributed by atoms with van der Waals surface area (Å²) in [5.74, 6) is -3.39. The number of rotatable bonds is 4. The van der Waals surface area contributed by atoms with E-state index in [9.17, 15) is 26.3 Å². The Bertz CT molecular complexity index is 1460. The van der Waals surface area contributed by atoms with Gasteiger partial charge in [0.05, 0.1) is 17.8 Å². The first-order chi connectivity index (χ1) is 16.2. The van der Waals surface area contributed by atoms with Crippen LogP contribution in [0, 0.1) is 17.5 Å². The maximum absolute atomic E-state index is 14.4. The Hall–Kier alpha value is -4.01. The highest BCUT2D eigenvalue weighted by Gasteiger charge is 2.34. The van der Waals surface area contributed by atoms with Gasteiger partial charge in [0.1, 0.15) is 23.0 Å². The zero-order valence-corrected chi connectivity index (χ0v) is 17.3. The maximum atomic E-state index is 14.4. The molecule has 3 aromatic carbocycles. The first-order valence-corrected chi connectivity index (χ1v) is 10.2. The summed E-state index contributed by atoms with van der Waals surface area (Å²) in [6.45, 7) is -0.529. The molecule has 2 heterocycles. The molecule has 0 bridgehead atoms. The van der Waals surface area contributed by atoms with Crippen molar-refractivity contribution in [2.24, 2.45) is 0 Å². The minimum Gasteiger partial charge on any atom is -0.324 e. The molecule has 0 saturated heterocycles. The molecule has 0 fully saturated rings. The first kappa shape index (κ1) is 21.8. The average molecular weight is 471 g/mol. The van der Waals surface area contributed by atoms with Gasteiger partial charge in [-0.25, -0.2) is 13.2 Å². The van der Waals surface area contributed by atoms with E-state index in [-0.39, 0.29) is 16.6 Å². The molecular weight excluding hydrogens is 456 g/mol. The van der Waals surface area contributed by atoms with Crippen LogP contribution >= 0.6 is 0 Å². The van der Waals surface area contributed by atoms with E-state index in [2.05, 4.69) is 5.10 Å². The number of halogens is 6. The topological polar surface area (TPSA) is 22.8 Å². The Kier molecular flexibility index (Phi) is 5.19. The lowest BCUT2D eigenvalue weighted by atomic mass is 10.0. The molecule has 0 atom stereocenters. The van der Waals surface area contributed by atoms with Crippen molar-refractivity contribution < 1.29 is 26.3 Å². The van der Waals surface area contributed by atoms with Gasteiger partial charge >= 0.3 is 6.18 Å². The highest BCUT2D eigenvalue weighted by atomic mass is 19.4. The van der Waals surface area contributed by atoms with Gasteiger partial charge in [0.15, 0.2) is 0 Å². The number of fused-ring (bicyclic) bond motifs is 1. The molecule has 0 spiro atoms. The van der Waals surface area contributed by atoms with Crippen LogP contribution < -0.4 is 0 Å². The second-order valence-corrected chi connectivity index (χ2v) is 7.69. The molecule has 9 heteroatoms. The van der Waals surface area contributed by atoms with Crippen LogP contribution in [0.4, 0.5) is 26.3 Å².